The zero-order valence-corrected chi connectivity index (χ0v) is 14.4. The first-order valence-corrected chi connectivity index (χ1v) is 9.01. The van der Waals surface area contributed by atoms with Crippen molar-refractivity contribution < 1.29 is 0 Å². The van der Waals surface area contributed by atoms with Crippen molar-refractivity contribution in [3.05, 3.63) is 108 Å². The largest absolute Gasteiger partial charge is 0.356 e. The average molecular weight is 333 g/mol. The highest BCUT2D eigenvalue weighted by Gasteiger charge is 2.20. The number of hydrogen-bond acceptors (Lipinski definition) is 1. The minimum absolute atomic E-state index is 1.01. The molecule has 0 unspecified atom stereocenters. The molecule has 0 saturated carbocycles. The average Bonchev–Trinajstić information content (AvgIpc) is 3.08. The van der Waals surface area contributed by atoms with E-state index in [0.717, 1.165) is 17.8 Å². The lowest BCUT2D eigenvalue weighted by atomic mass is 9.95. The topological polar surface area (TPSA) is 12.0 Å². The first-order chi connectivity index (χ1) is 12.9. The molecule has 4 aromatic carbocycles. The summed E-state index contributed by atoms with van der Waals surface area (Å²) in [7, 11) is 0. The molecule has 0 aliphatic heterocycles. The molecule has 5 rings (SSSR count). The summed E-state index contributed by atoms with van der Waals surface area (Å²) in [6.07, 6.45) is 1.01. The number of para-hydroxylation sites is 1. The summed E-state index contributed by atoms with van der Waals surface area (Å²) in [6.45, 7) is 0. The van der Waals surface area contributed by atoms with E-state index in [1.807, 2.05) is 18.2 Å². The summed E-state index contributed by atoms with van der Waals surface area (Å²) in [6, 6.07) is 34.4. The number of hydrogen-bond donors (Lipinski definition) is 1. The van der Waals surface area contributed by atoms with Crippen molar-refractivity contribution in [1.82, 2.24) is 0 Å². The third-order valence-electron chi connectivity index (χ3n) is 5.09. The van der Waals surface area contributed by atoms with Crippen LogP contribution in [0.3, 0.4) is 0 Å². The van der Waals surface area contributed by atoms with Crippen molar-refractivity contribution in [3.63, 3.8) is 0 Å². The molecule has 1 N–H and O–H groups in total. The fourth-order valence-corrected chi connectivity index (χ4v) is 3.88. The van der Waals surface area contributed by atoms with Crippen LogP contribution < -0.4 is 5.32 Å². The predicted molar refractivity (Wildman–Crippen MR) is 110 cm³/mol. The van der Waals surface area contributed by atoms with Crippen LogP contribution in [-0.4, -0.2) is 0 Å². The van der Waals surface area contributed by atoms with Gasteiger partial charge in [-0.1, -0.05) is 72.8 Å². The highest BCUT2D eigenvalue weighted by atomic mass is 14.9. The van der Waals surface area contributed by atoms with Crippen molar-refractivity contribution in [1.29, 1.82) is 0 Å². The number of fused-ring (bicyclic) bond motifs is 3. The van der Waals surface area contributed by atoms with Gasteiger partial charge in [-0.3, -0.25) is 0 Å². The molecular weight excluding hydrogens is 314 g/mol. The van der Waals surface area contributed by atoms with Crippen LogP contribution in [0.2, 0.25) is 0 Å². The van der Waals surface area contributed by atoms with Crippen LogP contribution in [0.1, 0.15) is 11.1 Å². The van der Waals surface area contributed by atoms with Gasteiger partial charge in [-0.15, -0.1) is 0 Å². The van der Waals surface area contributed by atoms with Crippen molar-refractivity contribution >= 4 is 11.4 Å². The smallest absolute Gasteiger partial charge is 0.0390 e. The molecule has 4 aromatic rings. The summed E-state index contributed by atoms with van der Waals surface area (Å²) in [4.78, 5) is 0. The minimum atomic E-state index is 1.01. The highest BCUT2D eigenvalue weighted by Crippen LogP contribution is 2.41. The van der Waals surface area contributed by atoms with Gasteiger partial charge in [-0.25, -0.2) is 0 Å². The Hall–Kier alpha value is -3.32. The Morgan fingerprint density at radius 2 is 1.23 bits per heavy atom. The quantitative estimate of drug-likeness (QED) is 0.389. The van der Waals surface area contributed by atoms with Crippen LogP contribution >= 0.6 is 0 Å². The standard InChI is InChI=1S/C25H19N/c1-2-10-20(11-3-1)26-21-12-6-9-18(16-21)23-14-7-15-24-22-13-5-4-8-19(22)17-25(23)24/h1-16,26H,17H2. The molecule has 0 aromatic heterocycles. The van der Waals surface area contributed by atoms with Crippen LogP contribution in [-0.2, 0) is 6.42 Å². The molecular formula is C25H19N. The molecule has 26 heavy (non-hydrogen) atoms. The predicted octanol–water partition coefficient (Wildman–Crippen LogP) is 6.67. The monoisotopic (exact) mass is 333 g/mol. The molecule has 0 saturated heterocycles. The van der Waals surface area contributed by atoms with Gasteiger partial charge in [-0.05, 0) is 64.1 Å². The lowest BCUT2D eigenvalue weighted by Gasteiger charge is -2.12. The van der Waals surface area contributed by atoms with Crippen molar-refractivity contribution in [2.75, 3.05) is 5.32 Å². The SMILES string of the molecule is c1ccc(Nc2cccc(-c3cccc4c3Cc3ccccc3-4)c2)cc1. The number of benzene rings is 4. The van der Waals surface area contributed by atoms with E-state index in [1.165, 1.54) is 33.4 Å². The van der Waals surface area contributed by atoms with Crippen LogP contribution in [0.25, 0.3) is 22.3 Å². The van der Waals surface area contributed by atoms with Crippen molar-refractivity contribution in [3.8, 4) is 22.3 Å². The second-order valence-electron chi connectivity index (χ2n) is 6.74. The highest BCUT2D eigenvalue weighted by molar-refractivity contribution is 5.85. The Balaban J connectivity index is 1.55. The second-order valence-corrected chi connectivity index (χ2v) is 6.74. The molecule has 0 spiro atoms. The van der Waals surface area contributed by atoms with Crippen LogP contribution in [0.15, 0.2) is 97.1 Å². The van der Waals surface area contributed by atoms with Gasteiger partial charge in [-0.2, -0.15) is 0 Å². The first kappa shape index (κ1) is 15.0. The van der Waals surface area contributed by atoms with E-state index < -0.39 is 0 Å². The summed E-state index contributed by atoms with van der Waals surface area (Å²) in [5.41, 5.74) is 10.4. The van der Waals surface area contributed by atoms with E-state index in [-0.39, 0.29) is 0 Å². The maximum absolute atomic E-state index is 3.50. The normalized spacial score (nSPS) is 11.7. The molecule has 124 valence electrons. The molecule has 1 aliphatic rings. The molecule has 0 atom stereocenters. The van der Waals surface area contributed by atoms with E-state index in [0.29, 0.717) is 0 Å². The first-order valence-electron chi connectivity index (χ1n) is 9.01. The third-order valence-corrected chi connectivity index (χ3v) is 5.09. The Labute approximate surface area is 154 Å². The van der Waals surface area contributed by atoms with Crippen LogP contribution in [0, 0.1) is 0 Å². The number of nitrogens with one attached hydrogen (secondary N) is 1. The zero-order chi connectivity index (χ0) is 17.3. The van der Waals surface area contributed by atoms with Gasteiger partial charge in [0.05, 0.1) is 0 Å². The second kappa shape index (κ2) is 6.20. The summed E-state index contributed by atoms with van der Waals surface area (Å²) in [5, 5.41) is 3.50. The Bertz CT molecular complexity index is 1080. The molecule has 0 fully saturated rings. The van der Waals surface area contributed by atoms with Gasteiger partial charge in [0.15, 0.2) is 0 Å². The van der Waals surface area contributed by atoms with Gasteiger partial charge >= 0.3 is 0 Å². The summed E-state index contributed by atoms with van der Waals surface area (Å²) >= 11 is 0. The van der Waals surface area contributed by atoms with Crippen LogP contribution in [0.5, 0.6) is 0 Å². The Kier molecular flexibility index (Phi) is 3.57. The van der Waals surface area contributed by atoms with Crippen molar-refractivity contribution in [2.24, 2.45) is 0 Å². The minimum Gasteiger partial charge on any atom is -0.356 e. The molecule has 0 heterocycles. The van der Waals surface area contributed by atoms with Gasteiger partial charge in [0.1, 0.15) is 0 Å². The Morgan fingerprint density at radius 3 is 2.15 bits per heavy atom. The van der Waals surface area contributed by atoms with Gasteiger partial charge < -0.3 is 5.32 Å². The fourth-order valence-electron chi connectivity index (χ4n) is 3.88. The van der Waals surface area contributed by atoms with Crippen LogP contribution in [0.4, 0.5) is 11.4 Å². The number of anilines is 2. The third kappa shape index (κ3) is 2.58. The van der Waals surface area contributed by atoms with Gasteiger partial charge in [0.2, 0.25) is 0 Å². The van der Waals surface area contributed by atoms with Crippen molar-refractivity contribution in [2.45, 2.75) is 6.42 Å². The van der Waals surface area contributed by atoms with E-state index in [2.05, 4.69) is 84.2 Å². The molecule has 1 heteroatoms. The zero-order valence-electron chi connectivity index (χ0n) is 14.4. The lowest BCUT2D eigenvalue weighted by Crippen LogP contribution is -1.92. The maximum atomic E-state index is 3.50. The van der Waals surface area contributed by atoms with Gasteiger partial charge in [0.25, 0.3) is 0 Å². The molecule has 1 nitrogen and oxygen atoms in total. The summed E-state index contributed by atoms with van der Waals surface area (Å²) < 4.78 is 0. The van der Waals surface area contributed by atoms with E-state index in [1.54, 1.807) is 0 Å². The molecule has 0 bridgehead atoms. The van der Waals surface area contributed by atoms with E-state index >= 15 is 0 Å². The summed E-state index contributed by atoms with van der Waals surface area (Å²) in [5.74, 6) is 0. The van der Waals surface area contributed by atoms with Gasteiger partial charge in [0, 0.05) is 11.4 Å². The molecule has 0 radical (unpaired) electrons. The number of rotatable bonds is 3. The fraction of sp³-hybridized carbons (Fsp3) is 0.0400. The lowest BCUT2D eigenvalue weighted by molar-refractivity contribution is 1.26. The Morgan fingerprint density at radius 1 is 0.538 bits per heavy atom. The maximum Gasteiger partial charge on any atom is 0.0390 e. The molecule has 1 aliphatic carbocycles. The van der Waals surface area contributed by atoms with E-state index in [9.17, 15) is 0 Å². The van der Waals surface area contributed by atoms with E-state index in [4.69, 9.17) is 0 Å². The molecule has 0 amide bonds.